The van der Waals surface area contributed by atoms with Crippen molar-refractivity contribution in [1.29, 1.82) is 0 Å². The first-order valence-electron chi connectivity index (χ1n) is 10.8. The molecule has 2 aliphatic rings. The van der Waals surface area contributed by atoms with Crippen LogP contribution in [0.2, 0.25) is 10.0 Å². The molecule has 1 aliphatic carbocycles. The second kappa shape index (κ2) is 8.73. The van der Waals surface area contributed by atoms with Crippen molar-refractivity contribution in [3.8, 4) is 0 Å². The highest BCUT2D eigenvalue weighted by atomic mass is 35.5. The van der Waals surface area contributed by atoms with Crippen LogP contribution in [0.1, 0.15) is 58.4 Å². The lowest BCUT2D eigenvalue weighted by Gasteiger charge is -2.33. The molecule has 0 radical (unpaired) electrons. The third-order valence-electron chi connectivity index (χ3n) is 6.42. The third kappa shape index (κ3) is 4.36. The Morgan fingerprint density at radius 2 is 1.79 bits per heavy atom. The van der Waals surface area contributed by atoms with Crippen molar-refractivity contribution in [3.05, 3.63) is 22.2 Å². The molecule has 0 atom stereocenters. The van der Waals surface area contributed by atoms with Crippen LogP contribution in [0.5, 0.6) is 0 Å². The normalized spacial score (nSPS) is 18.9. The van der Waals surface area contributed by atoms with Crippen LogP contribution in [-0.4, -0.2) is 35.1 Å². The van der Waals surface area contributed by atoms with Gasteiger partial charge in [0.05, 0.1) is 21.1 Å². The average molecular weight is 437 g/mol. The number of imidazole rings is 1. The van der Waals surface area contributed by atoms with Gasteiger partial charge in [-0.25, -0.2) is 4.98 Å². The molecule has 7 heteroatoms. The zero-order valence-corrected chi connectivity index (χ0v) is 18.8. The maximum atomic E-state index is 12.6. The molecule has 1 saturated carbocycles. The Hall–Kier alpha value is -1.46. The minimum Gasteiger partial charge on any atom is -0.356 e. The van der Waals surface area contributed by atoms with Gasteiger partial charge in [0, 0.05) is 31.6 Å². The van der Waals surface area contributed by atoms with Gasteiger partial charge >= 0.3 is 0 Å². The van der Waals surface area contributed by atoms with Crippen LogP contribution in [0.4, 0.5) is 5.95 Å². The first-order valence-corrected chi connectivity index (χ1v) is 11.6. The molecule has 1 aliphatic heterocycles. The van der Waals surface area contributed by atoms with E-state index in [1.807, 2.05) is 12.1 Å². The minimum atomic E-state index is 0.105. The highest BCUT2D eigenvalue weighted by molar-refractivity contribution is 6.42. The largest absolute Gasteiger partial charge is 0.356 e. The van der Waals surface area contributed by atoms with Gasteiger partial charge in [-0.2, -0.15) is 0 Å². The molecule has 29 heavy (non-hydrogen) atoms. The zero-order valence-electron chi connectivity index (χ0n) is 17.3. The summed E-state index contributed by atoms with van der Waals surface area (Å²) in [6, 6.07) is 3.99. The molecule has 2 aromatic rings. The van der Waals surface area contributed by atoms with Gasteiger partial charge in [0.15, 0.2) is 0 Å². The van der Waals surface area contributed by atoms with E-state index in [9.17, 15) is 4.79 Å². The topological polar surface area (TPSA) is 50.2 Å². The van der Waals surface area contributed by atoms with E-state index < -0.39 is 0 Å². The smallest absolute Gasteiger partial charge is 0.223 e. The highest BCUT2D eigenvalue weighted by Gasteiger charge is 2.29. The predicted octanol–water partition coefficient (Wildman–Crippen LogP) is 5.45. The van der Waals surface area contributed by atoms with Crippen LogP contribution >= 0.6 is 23.2 Å². The van der Waals surface area contributed by atoms with Crippen LogP contribution in [-0.2, 0) is 4.79 Å². The molecule has 4 rings (SSSR count). The second-order valence-corrected chi connectivity index (χ2v) is 9.60. The Balaban J connectivity index is 1.44. The van der Waals surface area contributed by atoms with E-state index in [2.05, 4.69) is 28.6 Å². The van der Waals surface area contributed by atoms with Crippen molar-refractivity contribution in [3.63, 3.8) is 0 Å². The Labute approximate surface area is 182 Å². The Bertz CT molecular complexity index is 881. The van der Waals surface area contributed by atoms with E-state index >= 15 is 0 Å². The standard InChI is InChI=1S/C22H30Cl2N4O/c1-14(2)28-20-12-18(24)17(23)11-19(20)26-22(28)27-9-7-16(8-10-27)21(29)25-13-15-5-3-4-6-15/h11-12,14-16H,3-10,13H2,1-2H3,(H,25,29). The van der Waals surface area contributed by atoms with Crippen molar-refractivity contribution >= 4 is 46.1 Å². The maximum absolute atomic E-state index is 12.6. The summed E-state index contributed by atoms with van der Waals surface area (Å²) in [5.41, 5.74) is 1.86. The molecule has 5 nitrogen and oxygen atoms in total. The van der Waals surface area contributed by atoms with Crippen LogP contribution < -0.4 is 10.2 Å². The molecule has 2 heterocycles. The van der Waals surface area contributed by atoms with Crippen LogP contribution in [0.25, 0.3) is 11.0 Å². The van der Waals surface area contributed by atoms with Crippen LogP contribution in [0.15, 0.2) is 12.1 Å². The van der Waals surface area contributed by atoms with Gasteiger partial charge in [-0.05, 0) is 57.6 Å². The summed E-state index contributed by atoms with van der Waals surface area (Å²) in [4.78, 5) is 19.8. The van der Waals surface area contributed by atoms with Gasteiger partial charge in [0.2, 0.25) is 11.9 Å². The van der Waals surface area contributed by atoms with E-state index in [0.717, 1.165) is 49.5 Å². The molecule has 1 saturated heterocycles. The number of aromatic nitrogens is 2. The number of halogens is 2. The summed E-state index contributed by atoms with van der Waals surface area (Å²) >= 11 is 12.5. The number of nitrogens with zero attached hydrogens (tertiary/aromatic N) is 3. The summed E-state index contributed by atoms with van der Waals surface area (Å²) in [6.45, 7) is 6.81. The van der Waals surface area contributed by atoms with Gasteiger partial charge in [0.1, 0.15) is 0 Å². The van der Waals surface area contributed by atoms with Gasteiger partial charge in [-0.3, -0.25) is 4.79 Å². The van der Waals surface area contributed by atoms with Gasteiger partial charge in [0.25, 0.3) is 0 Å². The summed E-state index contributed by atoms with van der Waals surface area (Å²) in [5, 5.41) is 4.28. The molecule has 1 aromatic carbocycles. The fraction of sp³-hybridized carbons (Fsp3) is 0.636. The molecule has 1 N–H and O–H groups in total. The lowest BCUT2D eigenvalue weighted by atomic mass is 9.95. The van der Waals surface area contributed by atoms with Crippen LogP contribution in [0, 0.1) is 11.8 Å². The number of hydrogen-bond donors (Lipinski definition) is 1. The van der Waals surface area contributed by atoms with Crippen molar-refractivity contribution in [2.45, 2.75) is 58.4 Å². The molecule has 1 aromatic heterocycles. The number of carbonyl (C=O) groups is 1. The summed E-state index contributed by atoms with van der Waals surface area (Å²) < 4.78 is 2.22. The number of fused-ring (bicyclic) bond motifs is 1. The lowest BCUT2D eigenvalue weighted by Crippen LogP contribution is -2.42. The van der Waals surface area contributed by atoms with Gasteiger partial charge in [-0.1, -0.05) is 36.0 Å². The second-order valence-electron chi connectivity index (χ2n) is 8.79. The van der Waals surface area contributed by atoms with E-state index in [4.69, 9.17) is 28.2 Å². The number of benzene rings is 1. The summed E-state index contributed by atoms with van der Waals surface area (Å²) in [7, 11) is 0. The SMILES string of the molecule is CC(C)n1c(N2CCC(C(=O)NCC3CCCC3)CC2)nc2cc(Cl)c(Cl)cc21. The zero-order chi connectivity index (χ0) is 20.5. The molecule has 2 fully saturated rings. The van der Waals surface area contributed by atoms with Crippen LogP contribution in [0.3, 0.4) is 0 Å². The van der Waals surface area contributed by atoms with Crippen molar-refractivity contribution in [1.82, 2.24) is 14.9 Å². The molecular formula is C22H30Cl2N4O. The number of amides is 1. The average Bonchev–Trinajstić information content (AvgIpc) is 3.34. The van der Waals surface area contributed by atoms with E-state index in [1.165, 1.54) is 25.7 Å². The summed E-state index contributed by atoms with van der Waals surface area (Å²) in [6.07, 6.45) is 6.87. The number of anilines is 1. The van der Waals surface area contributed by atoms with E-state index in [1.54, 1.807) is 0 Å². The molecule has 0 spiro atoms. The molecule has 0 bridgehead atoms. The Morgan fingerprint density at radius 3 is 2.45 bits per heavy atom. The monoisotopic (exact) mass is 436 g/mol. The Morgan fingerprint density at radius 1 is 1.14 bits per heavy atom. The lowest BCUT2D eigenvalue weighted by molar-refractivity contribution is -0.125. The number of piperidine rings is 1. The summed E-state index contributed by atoms with van der Waals surface area (Å²) in [5.74, 6) is 1.96. The molecular weight excluding hydrogens is 407 g/mol. The highest BCUT2D eigenvalue weighted by Crippen LogP contribution is 2.34. The fourth-order valence-electron chi connectivity index (χ4n) is 4.76. The number of nitrogens with one attached hydrogen (secondary N) is 1. The number of hydrogen-bond acceptors (Lipinski definition) is 3. The van der Waals surface area contributed by atoms with E-state index in [-0.39, 0.29) is 17.9 Å². The fourth-order valence-corrected chi connectivity index (χ4v) is 5.07. The maximum Gasteiger partial charge on any atom is 0.223 e. The van der Waals surface area contributed by atoms with Gasteiger partial charge in [-0.15, -0.1) is 0 Å². The molecule has 0 unspecified atom stereocenters. The molecule has 158 valence electrons. The Kier molecular flexibility index (Phi) is 6.26. The quantitative estimate of drug-likeness (QED) is 0.677. The third-order valence-corrected chi connectivity index (χ3v) is 7.14. The van der Waals surface area contributed by atoms with Crippen molar-refractivity contribution < 1.29 is 4.79 Å². The first-order chi connectivity index (χ1) is 13.9. The minimum absolute atomic E-state index is 0.105. The molecule has 1 amide bonds. The number of carbonyl (C=O) groups excluding carboxylic acids is 1. The number of rotatable bonds is 5. The van der Waals surface area contributed by atoms with E-state index in [0.29, 0.717) is 16.0 Å². The van der Waals surface area contributed by atoms with Crippen molar-refractivity contribution in [2.75, 3.05) is 24.5 Å². The van der Waals surface area contributed by atoms with Crippen molar-refractivity contribution in [2.24, 2.45) is 11.8 Å². The first kappa shape index (κ1) is 20.8. The van der Waals surface area contributed by atoms with Gasteiger partial charge < -0.3 is 14.8 Å². The predicted molar refractivity (Wildman–Crippen MR) is 120 cm³/mol.